The molecular formula is C12H17NS. The van der Waals surface area contributed by atoms with Gasteiger partial charge in [-0.2, -0.15) is 0 Å². The summed E-state index contributed by atoms with van der Waals surface area (Å²) in [7, 11) is 0. The van der Waals surface area contributed by atoms with E-state index < -0.39 is 0 Å². The van der Waals surface area contributed by atoms with Crippen LogP contribution < -0.4 is 0 Å². The highest BCUT2D eigenvalue weighted by Gasteiger charge is 2.32. The Balaban J connectivity index is 1.88. The molecule has 76 valence electrons. The van der Waals surface area contributed by atoms with Crippen LogP contribution in [0.15, 0.2) is 16.0 Å². The Hall–Kier alpha value is -0.240. The highest BCUT2D eigenvalue weighted by Crippen LogP contribution is 2.41. The molecule has 1 saturated carbocycles. The standard InChI is InChI=1S/C12H17NS/c1-3-7-11-9(5-1)13-10-6-2-4-8-12(10)14-11/h7,10,12H,1-6,8H2. The summed E-state index contributed by atoms with van der Waals surface area (Å²) in [6, 6.07) is 0.666. The zero-order valence-electron chi connectivity index (χ0n) is 8.54. The Labute approximate surface area is 90.1 Å². The topological polar surface area (TPSA) is 12.4 Å². The second kappa shape index (κ2) is 3.73. The Kier molecular flexibility index (Phi) is 2.40. The molecule has 14 heavy (non-hydrogen) atoms. The van der Waals surface area contributed by atoms with Gasteiger partial charge in [0.1, 0.15) is 0 Å². The Bertz CT molecular complexity index is 293. The van der Waals surface area contributed by atoms with Gasteiger partial charge < -0.3 is 0 Å². The van der Waals surface area contributed by atoms with Crippen LogP contribution >= 0.6 is 11.8 Å². The van der Waals surface area contributed by atoms with Gasteiger partial charge in [0.05, 0.1) is 6.04 Å². The maximum atomic E-state index is 4.95. The molecule has 2 unspecified atom stereocenters. The highest BCUT2D eigenvalue weighted by atomic mass is 32.2. The van der Waals surface area contributed by atoms with Crippen molar-refractivity contribution in [2.24, 2.45) is 4.99 Å². The first kappa shape index (κ1) is 9.02. The molecule has 0 aromatic heterocycles. The average Bonchev–Trinajstić information content (AvgIpc) is 2.26. The fourth-order valence-electron chi connectivity index (χ4n) is 2.71. The first-order valence-corrected chi connectivity index (χ1v) is 6.75. The van der Waals surface area contributed by atoms with E-state index in [1.165, 1.54) is 55.6 Å². The van der Waals surface area contributed by atoms with Crippen LogP contribution in [0.4, 0.5) is 0 Å². The van der Waals surface area contributed by atoms with Crippen LogP contribution in [-0.4, -0.2) is 17.0 Å². The van der Waals surface area contributed by atoms with Gasteiger partial charge in [-0.05, 0) is 32.1 Å². The molecule has 2 heteroatoms. The van der Waals surface area contributed by atoms with Crippen LogP contribution in [0.2, 0.25) is 0 Å². The molecule has 0 N–H and O–H groups in total. The SMILES string of the molecule is C1=C2SC3CCCCC3N=C2CCC1. The summed E-state index contributed by atoms with van der Waals surface area (Å²) in [6.45, 7) is 0. The maximum absolute atomic E-state index is 4.95. The largest absolute Gasteiger partial charge is 0.284 e. The van der Waals surface area contributed by atoms with Crippen molar-refractivity contribution in [3.05, 3.63) is 11.0 Å². The van der Waals surface area contributed by atoms with Crippen molar-refractivity contribution in [2.75, 3.05) is 0 Å². The number of hydrogen-bond acceptors (Lipinski definition) is 2. The van der Waals surface area contributed by atoms with Crippen molar-refractivity contribution in [1.82, 2.24) is 0 Å². The van der Waals surface area contributed by atoms with E-state index >= 15 is 0 Å². The first-order chi connectivity index (χ1) is 6.93. The fourth-order valence-corrected chi connectivity index (χ4v) is 4.18. The monoisotopic (exact) mass is 207 g/mol. The van der Waals surface area contributed by atoms with Crippen LogP contribution in [0, 0.1) is 0 Å². The van der Waals surface area contributed by atoms with Crippen LogP contribution in [0.5, 0.6) is 0 Å². The summed E-state index contributed by atoms with van der Waals surface area (Å²) in [5.74, 6) is 0. The van der Waals surface area contributed by atoms with Gasteiger partial charge >= 0.3 is 0 Å². The van der Waals surface area contributed by atoms with Gasteiger partial charge in [0.15, 0.2) is 0 Å². The average molecular weight is 207 g/mol. The Morgan fingerprint density at radius 1 is 1.21 bits per heavy atom. The summed E-state index contributed by atoms with van der Waals surface area (Å²) in [6.07, 6.45) is 11.8. The lowest BCUT2D eigenvalue weighted by molar-refractivity contribution is 0.453. The maximum Gasteiger partial charge on any atom is 0.0625 e. The zero-order valence-corrected chi connectivity index (χ0v) is 9.35. The van der Waals surface area contributed by atoms with Gasteiger partial charge in [-0.15, -0.1) is 11.8 Å². The number of hydrogen-bond donors (Lipinski definition) is 0. The highest BCUT2D eigenvalue weighted by molar-refractivity contribution is 8.04. The number of rotatable bonds is 0. The van der Waals surface area contributed by atoms with Crippen LogP contribution in [0.3, 0.4) is 0 Å². The van der Waals surface area contributed by atoms with E-state index in [1.807, 2.05) is 0 Å². The number of fused-ring (bicyclic) bond motifs is 2. The third kappa shape index (κ3) is 1.54. The number of aliphatic imine (C=N–C) groups is 1. The van der Waals surface area contributed by atoms with Gasteiger partial charge in [-0.3, -0.25) is 4.99 Å². The molecular weight excluding hydrogens is 190 g/mol. The Morgan fingerprint density at radius 2 is 2.14 bits per heavy atom. The molecule has 0 saturated heterocycles. The zero-order chi connectivity index (χ0) is 9.38. The van der Waals surface area contributed by atoms with Crippen LogP contribution in [-0.2, 0) is 0 Å². The van der Waals surface area contributed by atoms with Crippen molar-refractivity contribution in [3.63, 3.8) is 0 Å². The number of nitrogens with zero attached hydrogens (tertiary/aromatic N) is 1. The molecule has 1 aliphatic heterocycles. The van der Waals surface area contributed by atoms with Crippen LogP contribution in [0.1, 0.15) is 44.9 Å². The molecule has 2 aliphatic carbocycles. The fraction of sp³-hybridized carbons (Fsp3) is 0.750. The molecule has 0 bridgehead atoms. The third-order valence-electron chi connectivity index (χ3n) is 3.50. The Morgan fingerprint density at radius 3 is 3.14 bits per heavy atom. The van der Waals surface area contributed by atoms with Crippen LogP contribution in [0.25, 0.3) is 0 Å². The first-order valence-electron chi connectivity index (χ1n) is 5.87. The van der Waals surface area contributed by atoms with E-state index in [0.29, 0.717) is 6.04 Å². The van der Waals surface area contributed by atoms with Crippen molar-refractivity contribution in [1.29, 1.82) is 0 Å². The molecule has 0 radical (unpaired) electrons. The summed E-state index contributed by atoms with van der Waals surface area (Å²) in [5.41, 5.74) is 1.43. The molecule has 3 aliphatic rings. The van der Waals surface area contributed by atoms with E-state index in [0.717, 1.165) is 5.25 Å². The van der Waals surface area contributed by atoms with Gasteiger partial charge in [0.25, 0.3) is 0 Å². The summed E-state index contributed by atoms with van der Waals surface area (Å²) in [4.78, 5) is 6.48. The van der Waals surface area contributed by atoms with E-state index in [9.17, 15) is 0 Å². The lowest BCUT2D eigenvalue weighted by atomic mass is 9.94. The lowest BCUT2D eigenvalue weighted by Crippen LogP contribution is -2.31. The molecule has 0 aromatic carbocycles. The normalized spacial score (nSPS) is 36.6. The van der Waals surface area contributed by atoms with Crippen molar-refractivity contribution >= 4 is 17.5 Å². The van der Waals surface area contributed by atoms with Gasteiger partial charge in [-0.1, -0.05) is 18.9 Å². The summed E-state index contributed by atoms with van der Waals surface area (Å²) in [5, 5.41) is 0.817. The number of thioether (sulfide) groups is 1. The van der Waals surface area contributed by atoms with Gasteiger partial charge in [0, 0.05) is 15.9 Å². The molecule has 1 fully saturated rings. The molecule has 2 atom stereocenters. The molecule has 1 nitrogen and oxygen atoms in total. The minimum atomic E-state index is 0.666. The summed E-state index contributed by atoms with van der Waals surface area (Å²) < 4.78 is 0. The predicted octanol–water partition coefficient (Wildman–Crippen LogP) is 3.55. The second-order valence-corrected chi connectivity index (χ2v) is 5.83. The van der Waals surface area contributed by atoms with E-state index in [2.05, 4.69) is 17.8 Å². The van der Waals surface area contributed by atoms with E-state index in [4.69, 9.17) is 4.99 Å². The summed E-state index contributed by atoms with van der Waals surface area (Å²) >= 11 is 2.13. The van der Waals surface area contributed by atoms with E-state index in [1.54, 1.807) is 0 Å². The van der Waals surface area contributed by atoms with Gasteiger partial charge in [-0.25, -0.2) is 0 Å². The minimum Gasteiger partial charge on any atom is -0.284 e. The molecule has 1 heterocycles. The lowest BCUT2D eigenvalue weighted by Gasteiger charge is -2.35. The minimum absolute atomic E-state index is 0.666. The van der Waals surface area contributed by atoms with Crippen molar-refractivity contribution in [3.8, 4) is 0 Å². The quantitative estimate of drug-likeness (QED) is 0.591. The smallest absolute Gasteiger partial charge is 0.0625 e. The number of allylic oxidation sites excluding steroid dienone is 2. The van der Waals surface area contributed by atoms with Crippen molar-refractivity contribution in [2.45, 2.75) is 56.2 Å². The molecule has 0 spiro atoms. The predicted molar refractivity (Wildman–Crippen MR) is 63.0 cm³/mol. The third-order valence-corrected chi connectivity index (χ3v) is 5.01. The molecule has 3 rings (SSSR count). The van der Waals surface area contributed by atoms with E-state index in [-0.39, 0.29) is 0 Å². The molecule has 0 amide bonds. The second-order valence-electron chi connectivity index (χ2n) is 4.54. The van der Waals surface area contributed by atoms with Gasteiger partial charge in [0.2, 0.25) is 0 Å². The molecule has 0 aromatic rings. The van der Waals surface area contributed by atoms with Crippen molar-refractivity contribution < 1.29 is 0 Å².